The molecule has 2 amide bonds. The van der Waals surface area contributed by atoms with Crippen molar-refractivity contribution in [3.8, 4) is 0 Å². The van der Waals surface area contributed by atoms with Gasteiger partial charge in [-0.25, -0.2) is 19.3 Å². The van der Waals surface area contributed by atoms with Gasteiger partial charge in [-0.05, 0) is 47.6 Å². The van der Waals surface area contributed by atoms with Gasteiger partial charge < -0.3 is 18.9 Å². The minimum atomic E-state index is -0.987. The van der Waals surface area contributed by atoms with E-state index in [9.17, 15) is 14.4 Å². The van der Waals surface area contributed by atoms with Crippen molar-refractivity contribution in [3.63, 3.8) is 0 Å². The Bertz CT molecular complexity index is 515. The van der Waals surface area contributed by atoms with Gasteiger partial charge >= 0.3 is 18.3 Å². The maximum atomic E-state index is 12.2. The van der Waals surface area contributed by atoms with Gasteiger partial charge in [-0.3, -0.25) is 0 Å². The fraction of sp³-hybridized carbons (Fsp3) is 0.688. The number of rotatable bonds is 3. The Morgan fingerprint density at radius 3 is 2.21 bits per heavy atom. The van der Waals surface area contributed by atoms with E-state index in [2.05, 4.69) is 6.58 Å². The highest BCUT2D eigenvalue weighted by Gasteiger charge is 2.45. The first kappa shape index (κ1) is 19.8. The van der Waals surface area contributed by atoms with E-state index in [1.165, 1.54) is 6.08 Å². The zero-order chi connectivity index (χ0) is 18.7. The van der Waals surface area contributed by atoms with Gasteiger partial charge in [0.05, 0.1) is 0 Å². The van der Waals surface area contributed by atoms with Crippen LogP contribution >= 0.6 is 0 Å². The van der Waals surface area contributed by atoms with Gasteiger partial charge in [0.25, 0.3) is 0 Å². The van der Waals surface area contributed by atoms with Crippen LogP contribution in [0.3, 0.4) is 0 Å². The van der Waals surface area contributed by atoms with E-state index in [1.54, 1.807) is 41.5 Å². The molecule has 0 saturated carbocycles. The zero-order valence-electron chi connectivity index (χ0n) is 15.0. The van der Waals surface area contributed by atoms with Crippen LogP contribution in [0.15, 0.2) is 12.7 Å². The first-order valence-electron chi connectivity index (χ1n) is 7.55. The van der Waals surface area contributed by atoms with Crippen LogP contribution in [0, 0.1) is 0 Å². The number of nitrogens with zero attached hydrogens (tertiary/aromatic N) is 1. The second kappa shape index (κ2) is 7.11. The molecule has 0 spiro atoms. The molecule has 1 heterocycles. The molecule has 0 aromatic rings. The maximum absolute atomic E-state index is 12.2. The fourth-order valence-electron chi connectivity index (χ4n) is 1.87. The van der Waals surface area contributed by atoms with Crippen molar-refractivity contribution < 1.29 is 33.3 Å². The molecule has 2 atom stereocenters. The number of hydrogen-bond acceptors (Lipinski definition) is 7. The quantitative estimate of drug-likeness (QED) is 0.441. The summed E-state index contributed by atoms with van der Waals surface area (Å²) in [6.07, 6.45) is -2.37. The summed E-state index contributed by atoms with van der Waals surface area (Å²) in [6, 6.07) is -0.877. The van der Waals surface area contributed by atoms with Gasteiger partial charge in [-0.15, -0.1) is 0 Å². The van der Waals surface area contributed by atoms with E-state index >= 15 is 0 Å². The average Bonchev–Trinajstić information content (AvgIpc) is 2.73. The molecule has 0 bridgehead atoms. The van der Waals surface area contributed by atoms with Crippen molar-refractivity contribution in [3.05, 3.63) is 12.7 Å². The van der Waals surface area contributed by atoms with Crippen molar-refractivity contribution in [2.75, 3.05) is 6.61 Å². The molecule has 0 aliphatic carbocycles. The van der Waals surface area contributed by atoms with Crippen LogP contribution in [0.25, 0.3) is 0 Å². The van der Waals surface area contributed by atoms with E-state index in [-0.39, 0.29) is 6.61 Å². The lowest BCUT2D eigenvalue weighted by Gasteiger charge is -2.28. The third kappa shape index (κ3) is 5.75. The summed E-state index contributed by atoms with van der Waals surface area (Å²) in [5, 5.41) is 0. The van der Waals surface area contributed by atoms with E-state index in [0.717, 1.165) is 4.90 Å². The third-order valence-electron chi connectivity index (χ3n) is 2.73. The maximum Gasteiger partial charge on any atom is 0.509 e. The third-order valence-corrected chi connectivity index (χ3v) is 2.73. The van der Waals surface area contributed by atoms with Crippen LogP contribution in [-0.4, -0.2) is 53.2 Å². The second-order valence-corrected chi connectivity index (χ2v) is 7.28. The Kier molecular flexibility index (Phi) is 5.86. The Labute approximate surface area is 141 Å². The van der Waals surface area contributed by atoms with E-state index in [4.69, 9.17) is 18.9 Å². The van der Waals surface area contributed by atoms with Gasteiger partial charge in [-0.2, -0.15) is 0 Å². The molecule has 1 aliphatic heterocycles. The SMILES string of the molecule is C=C[C@H](OC(=O)OC(C)(C)C)[C@H]1COC(=O)N1C(=O)OC(C)(C)C. The number of carbonyl (C=O) groups is 3. The molecule has 1 aliphatic rings. The number of ether oxygens (including phenoxy) is 4. The highest BCUT2D eigenvalue weighted by molar-refractivity contribution is 5.90. The first-order chi connectivity index (χ1) is 10.8. The molecular formula is C16H25NO7. The van der Waals surface area contributed by atoms with Crippen LogP contribution in [0.5, 0.6) is 0 Å². The summed E-state index contributed by atoms with van der Waals surface area (Å²) in [7, 11) is 0. The predicted octanol–water partition coefficient (Wildman–Crippen LogP) is 3.25. The molecule has 0 aromatic heterocycles. The van der Waals surface area contributed by atoms with Gasteiger partial charge in [-0.1, -0.05) is 6.58 Å². The second-order valence-electron chi connectivity index (χ2n) is 7.28. The normalized spacial score (nSPS) is 19.3. The van der Waals surface area contributed by atoms with Crippen LogP contribution in [0.4, 0.5) is 14.4 Å². The minimum Gasteiger partial charge on any atom is -0.447 e. The molecule has 136 valence electrons. The first-order valence-corrected chi connectivity index (χ1v) is 7.55. The highest BCUT2D eigenvalue weighted by atomic mass is 16.7. The van der Waals surface area contributed by atoms with Crippen LogP contribution in [0.1, 0.15) is 41.5 Å². The van der Waals surface area contributed by atoms with Crippen molar-refractivity contribution in [2.24, 2.45) is 0 Å². The summed E-state index contributed by atoms with van der Waals surface area (Å²) >= 11 is 0. The topological polar surface area (TPSA) is 91.4 Å². The van der Waals surface area contributed by atoms with Crippen molar-refractivity contribution in [1.82, 2.24) is 4.90 Å². The molecule has 24 heavy (non-hydrogen) atoms. The fourth-order valence-corrected chi connectivity index (χ4v) is 1.87. The molecule has 0 aromatic carbocycles. The lowest BCUT2D eigenvalue weighted by atomic mass is 10.1. The monoisotopic (exact) mass is 343 g/mol. The van der Waals surface area contributed by atoms with E-state index in [0.29, 0.717) is 0 Å². The van der Waals surface area contributed by atoms with Gasteiger partial charge in [0.2, 0.25) is 0 Å². The number of amides is 2. The molecule has 8 nitrogen and oxygen atoms in total. The zero-order valence-corrected chi connectivity index (χ0v) is 15.0. The lowest BCUT2D eigenvalue weighted by molar-refractivity contribution is -0.0325. The largest absolute Gasteiger partial charge is 0.509 e. The number of carbonyl (C=O) groups excluding carboxylic acids is 3. The lowest BCUT2D eigenvalue weighted by Crippen LogP contribution is -2.48. The summed E-state index contributed by atoms with van der Waals surface area (Å²) in [5.74, 6) is 0. The van der Waals surface area contributed by atoms with Gasteiger partial charge in [0.15, 0.2) is 0 Å². The molecule has 1 saturated heterocycles. The van der Waals surface area contributed by atoms with Crippen molar-refractivity contribution in [2.45, 2.75) is 64.9 Å². The Morgan fingerprint density at radius 1 is 1.21 bits per heavy atom. The molecule has 0 radical (unpaired) electrons. The average molecular weight is 343 g/mol. The molecule has 1 fully saturated rings. The molecule has 0 N–H and O–H groups in total. The molecule has 1 rings (SSSR count). The smallest absolute Gasteiger partial charge is 0.447 e. The summed E-state index contributed by atoms with van der Waals surface area (Å²) < 4.78 is 20.3. The van der Waals surface area contributed by atoms with Crippen LogP contribution in [-0.2, 0) is 18.9 Å². The van der Waals surface area contributed by atoms with Crippen LogP contribution in [0.2, 0.25) is 0 Å². The molecule has 0 unspecified atom stereocenters. The summed E-state index contributed by atoms with van der Waals surface area (Å²) in [6.45, 7) is 13.5. The van der Waals surface area contributed by atoms with Crippen molar-refractivity contribution >= 4 is 18.3 Å². The Hall–Kier alpha value is -2.25. The minimum absolute atomic E-state index is 0.141. The Morgan fingerprint density at radius 2 is 1.75 bits per heavy atom. The highest BCUT2D eigenvalue weighted by Crippen LogP contribution is 2.23. The molecule has 8 heteroatoms. The van der Waals surface area contributed by atoms with Crippen molar-refractivity contribution in [1.29, 1.82) is 0 Å². The van der Waals surface area contributed by atoms with Crippen LogP contribution < -0.4 is 0 Å². The number of cyclic esters (lactones) is 1. The molecular weight excluding hydrogens is 318 g/mol. The van der Waals surface area contributed by atoms with Gasteiger partial charge in [0, 0.05) is 0 Å². The van der Waals surface area contributed by atoms with E-state index in [1.807, 2.05) is 0 Å². The number of imide groups is 1. The summed E-state index contributed by atoms with van der Waals surface area (Å²) in [4.78, 5) is 36.7. The standard InChI is InChI=1S/C16H25NO7/c1-8-11(22-14(20)24-16(5,6)7)10-9-21-12(18)17(10)13(19)23-15(2,3)4/h8,10-11H,1,9H2,2-7H3/t10-,11+/m1/s1. The predicted molar refractivity (Wildman–Crippen MR) is 84.5 cm³/mol. The Balaban J connectivity index is 2.86. The van der Waals surface area contributed by atoms with E-state index < -0.39 is 41.7 Å². The number of hydrogen-bond donors (Lipinski definition) is 0. The summed E-state index contributed by atoms with van der Waals surface area (Å²) in [5.41, 5.74) is -1.53. The van der Waals surface area contributed by atoms with Gasteiger partial charge in [0.1, 0.15) is 30.0 Å².